The molecule has 3 aliphatic rings. The van der Waals surface area contributed by atoms with E-state index in [4.69, 9.17) is 47.4 Å². The number of hydrogen-bond donors (Lipinski definition) is 5. The smallest absolute Gasteiger partial charge is 0.407 e. The lowest BCUT2D eigenvalue weighted by atomic mass is 10.0. The number of aromatic nitrogens is 2. The predicted molar refractivity (Wildman–Crippen MR) is 209 cm³/mol. The molecule has 3 heterocycles. The van der Waals surface area contributed by atoms with Gasteiger partial charge in [-0.05, 0) is 67.2 Å². The Morgan fingerprint density at radius 1 is 1.09 bits per heavy atom. The SMILES string of the molecule is CC.Fc1ccccc1.N=C(c1ccc(/C(N)=N\O)cc1Cl)c1ncc(N2CC[C@H]3C(CNC(=O)OCc4ccccc4)[C@H]3C2)nc1NC1CCCCO1. The van der Waals surface area contributed by atoms with E-state index in [0.29, 0.717) is 53.5 Å². The maximum Gasteiger partial charge on any atom is 0.407 e. The minimum Gasteiger partial charge on any atom is -0.445 e. The normalized spacial score (nSPS) is 20.1. The first-order valence-electron chi connectivity index (χ1n) is 18.3. The minimum absolute atomic E-state index is 0.0728. The number of anilines is 2. The number of amides is 1. The lowest BCUT2D eigenvalue weighted by Gasteiger charge is -2.29. The van der Waals surface area contributed by atoms with Crippen LogP contribution >= 0.6 is 11.6 Å². The van der Waals surface area contributed by atoms with Gasteiger partial charge in [0.05, 0.1) is 16.9 Å². The quantitative estimate of drug-likeness (QED) is 0.0478. The van der Waals surface area contributed by atoms with Crippen LogP contribution in [0.5, 0.6) is 0 Å². The molecular formula is C40H48ClFN8O4. The van der Waals surface area contributed by atoms with E-state index >= 15 is 0 Å². The highest BCUT2D eigenvalue weighted by Gasteiger charge is 2.52. The van der Waals surface area contributed by atoms with Gasteiger partial charge in [0.2, 0.25) is 0 Å². The molecule has 54 heavy (non-hydrogen) atoms. The van der Waals surface area contributed by atoms with Gasteiger partial charge in [0.1, 0.15) is 30.2 Å². The summed E-state index contributed by atoms with van der Waals surface area (Å²) in [7, 11) is 0. The van der Waals surface area contributed by atoms with Crippen molar-refractivity contribution in [2.75, 3.05) is 36.5 Å². The number of halogens is 2. The van der Waals surface area contributed by atoms with E-state index in [1.165, 1.54) is 12.1 Å². The molecule has 0 spiro atoms. The second-order valence-electron chi connectivity index (χ2n) is 12.9. The summed E-state index contributed by atoms with van der Waals surface area (Å²) in [5, 5.41) is 27.6. The molecule has 2 unspecified atom stereocenters. The van der Waals surface area contributed by atoms with E-state index < -0.39 is 6.09 Å². The van der Waals surface area contributed by atoms with Gasteiger partial charge in [0.15, 0.2) is 11.7 Å². The van der Waals surface area contributed by atoms with Crippen LogP contribution in [0.3, 0.4) is 0 Å². The molecule has 1 aromatic heterocycles. The van der Waals surface area contributed by atoms with E-state index in [1.54, 1.807) is 42.6 Å². The summed E-state index contributed by atoms with van der Waals surface area (Å²) in [4.78, 5) is 24.2. The third-order valence-electron chi connectivity index (χ3n) is 9.54. The van der Waals surface area contributed by atoms with Crippen LogP contribution in [0.4, 0.5) is 20.8 Å². The molecule has 286 valence electrons. The maximum absolute atomic E-state index is 12.3. The van der Waals surface area contributed by atoms with Gasteiger partial charge >= 0.3 is 6.09 Å². The van der Waals surface area contributed by atoms with Crippen LogP contribution in [0.25, 0.3) is 0 Å². The van der Waals surface area contributed by atoms with E-state index in [1.807, 2.05) is 44.2 Å². The Kier molecular flexibility index (Phi) is 14.6. The number of benzene rings is 3. The summed E-state index contributed by atoms with van der Waals surface area (Å²) >= 11 is 6.53. The number of fused-ring (bicyclic) bond motifs is 1. The van der Waals surface area contributed by atoms with Crippen LogP contribution < -0.4 is 21.3 Å². The number of carbonyl (C=O) groups excluding carboxylic acids is 1. The van der Waals surface area contributed by atoms with Gasteiger partial charge in [-0.3, -0.25) is 5.41 Å². The Morgan fingerprint density at radius 3 is 2.48 bits per heavy atom. The molecule has 1 aliphatic carbocycles. The van der Waals surface area contributed by atoms with Crippen LogP contribution in [0.2, 0.25) is 5.02 Å². The van der Waals surface area contributed by atoms with Crippen molar-refractivity contribution < 1.29 is 23.9 Å². The summed E-state index contributed by atoms with van der Waals surface area (Å²) in [6.45, 7) is 7.12. The highest BCUT2D eigenvalue weighted by atomic mass is 35.5. The number of ether oxygens (including phenoxy) is 2. The summed E-state index contributed by atoms with van der Waals surface area (Å²) in [5.41, 5.74) is 7.99. The Morgan fingerprint density at radius 2 is 1.83 bits per heavy atom. The van der Waals surface area contributed by atoms with Crippen molar-refractivity contribution in [2.45, 2.75) is 52.4 Å². The highest BCUT2D eigenvalue weighted by molar-refractivity contribution is 6.35. The van der Waals surface area contributed by atoms with Crippen molar-refractivity contribution in [1.82, 2.24) is 15.3 Å². The Labute approximate surface area is 320 Å². The first-order chi connectivity index (χ1) is 26.3. The second kappa shape index (κ2) is 19.7. The molecular weight excluding hydrogens is 711 g/mol. The van der Waals surface area contributed by atoms with Crippen LogP contribution in [-0.2, 0) is 16.1 Å². The number of carbonyl (C=O) groups is 1. The van der Waals surface area contributed by atoms with Crippen LogP contribution in [0.1, 0.15) is 61.9 Å². The number of nitrogens with one attached hydrogen (secondary N) is 3. The van der Waals surface area contributed by atoms with Crippen LogP contribution in [0.15, 0.2) is 90.2 Å². The number of alkyl carbamates (subject to hydrolysis) is 1. The molecule has 2 saturated heterocycles. The fourth-order valence-corrected chi connectivity index (χ4v) is 6.94. The van der Waals surface area contributed by atoms with Gasteiger partial charge in [-0.2, -0.15) is 0 Å². The maximum atomic E-state index is 12.3. The van der Waals surface area contributed by atoms with Gasteiger partial charge < -0.3 is 35.9 Å². The summed E-state index contributed by atoms with van der Waals surface area (Å²) in [6, 6.07) is 22.4. The molecule has 4 aromatic rings. The number of rotatable bonds is 10. The summed E-state index contributed by atoms with van der Waals surface area (Å²) < 4.78 is 23.2. The Balaban J connectivity index is 0.000000553. The number of piperidine rings is 1. The monoisotopic (exact) mass is 758 g/mol. The number of oxime groups is 1. The molecule has 7 rings (SSSR count). The fraction of sp³-hybridized carbons (Fsp3) is 0.375. The number of nitrogens with zero attached hydrogens (tertiary/aromatic N) is 4. The van der Waals surface area contributed by atoms with Gasteiger partial charge in [-0.25, -0.2) is 19.2 Å². The van der Waals surface area contributed by atoms with Crippen molar-refractivity contribution >= 4 is 40.9 Å². The van der Waals surface area contributed by atoms with Gasteiger partial charge in [0.25, 0.3) is 0 Å². The second-order valence-corrected chi connectivity index (χ2v) is 13.4. The molecule has 3 aromatic carbocycles. The van der Waals surface area contributed by atoms with Crippen molar-refractivity contribution in [1.29, 1.82) is 5.41 Å². The number of nitrogens with two attached hydrogens (primary N) is 1. The van der Waals surface area contributed by atoms with Crippen molar-refractivity contribution in [2.24, 2.45) is 28.6 Å². The standard InChI is InChI=1S/C32H37ClN8O4.C6H5F.C2H6/c33-25-14-20(30(35)40-43)9-10-22(25)28(34)29-31(39-27-8-4-5-13-44-27)38-26(16-36-29)41-12-11-21-23(24(21)17-41)15-37-32(42)45-18-19-6-2-1-3-7-19;7-6-4-2-1-3-5-6;1-2/h1-3,6-7,9-10,14,16,21,23-24,27,34,43H,4-5,8,11-13,15,17-18H2,(H2,35,40)(H,37,42)(H,38,39);1-5H;1-2H3/t21-,23?,24-,27?;;/m0../s1. The number of hydrogen-bond acceptors (Lipinski definition) is 10. The summed E-state index contributed by atoms with van der Waals surface area (Å²) in [6.07, 6.45) is 4.92. The average Bonchev–Trinajstić information content (AvgIpc) is 3.92. The molecule has 6 N–H and O–H groups in total. The molecule has 1 amide bonds. The third kappa shape index (κ3) is 10.7. The van der Waals surface area contributed by atoms with E-state index in [9.17, 15) is 9.18 Å². The zero-order valence-corrected chi connectivity index (χ0v) is 31.3. The molecule has 4 atom stereocenters. The molecule has 3 fully saturated rings. The van der Waals surface area contributed by atoms with Gasteiger partial charge in [0, 0.05) is 37.4 Å². The molecule has 0 radical (unpaired) electrons. The fourth-order valence-electron chi connectivity index (χ4n) is 6.66. The van der Waals surface area contributed by atoms with Gasteiger partial charge in [-0.15, -0.1) is 0 Å². The average molecular weight is 759 g/mol. The molecule has 1 saturated carbocycles. The zero-order chi connectivity index (χ0) is 38.5. The first-order valence-corrected chi connectivity index (χ1v) is 18.7. The van der Waals surface area contributed by atoms with Gasteiger partial charge in [-0.1, -0.05) is 91.3 Å². The lowest BCUT2D eigenvalue weighted by Crippen LogP contribution is -2.33. The van der Waals surface area contributed by atoms with Crippen molar-refractivity contribution in [3.63, 3.8) is 0 Å². The highest BCUT2D eigenvalue weighted by Crippen LogP contribution is 2.51. The topological polar surface area (TPSA) is 171 Å². The predicted octanol–water partition coefficient (Wildman–Crippen LogP) is 7.43. The van der Waals surface area contributed by atoms with E-state index in [-0.39, 0.29) is 35.2 Å². The van der Waals surface area contributed by atoms with E-state index in [2.05, 4.69) is 20.7 Å². The Bertz CT molecular complexity index is 1860. The zero-order valence-electron chi connectivity index (χ0n) is 30.6. The Hall–Kier alpha value is -5.27. The largest absolute Gasteiger partial charge is 0.445 e. The summed E-state index contributed by atoms with van der Waals surface area (Å²) in [5.74, 6) is 2.32. The minimum atomic E-state index is -0.399. The number of amidine groups is 1. The third-order valence-corrected chi connectivity index (χ3v) is 9.85. The van der Waals surface area contributed by atoms with Crippen molar-refractivity contribution in [3.8, 4) is 0 Å². The lowest BCUT2D eigenvalue weighted by molar-refractivity contribution is 0.0341. The molecule has 0 bridgehead atoms. The van der Waals surface area contributed by atoms with Crippen LogP contribution in [0, 0.1) is 29.0 Å². The first kappa shape index (κ1) is 39.9. The molecule has 2 aliphatic heterocycles. The molecule has 12 nitrogen and oxygen atoms in total. The van der Waals surface area contributed by atoms with E-state index in [0.717, 1.165) is 50.2 Å². The molecule has 14 heteroatoms. The van der Waals surface area contributed by atoms with Crippen molar-refractivity contribution in [3.05, 3.63) is 118 Å². The van der Waals surface area contributed by atoms with Crippen LogP contribution in [-0.4, -0.2) is 65.3 Å².